The lowest BCUT2D eigenvalue weighted by Gasteiger charge is -2.38. The summed E-state index contributed by atoms with van der Waals surface area (Å²) in [5.41, 5.74) is -0.499. The Labute approximate surface area is 351 Å². The zero-order valence-electron chi connectivity index (χ0n) is 35.2. The molecule has 0 radical (unpaired) electrons. The minimum atomic E-state index is -3.94. The fourth-order valence-corrected chi connectivity index (χ4v) is 9.84. The van der Waals surface area contributed by atoms with Crippen LogP contribution in [0, 0.1) is 5.92 Å². The molecule has 2 N–H and O–H groups in total. The largest absolute Gasteiger partial charge is 0.444 e. The van der Waals surface area contributed by atoms with Gasteiger partial charge in [0, 0.05) is 62.4 Å². The zero-order valence-corrected chi connectivity index (χ0v) is 37.8. The number of hydrogen-bond donors (Lipinski definition) is 2. The second kappa shape index (κ2) is 17.8. The predicted octanol–water partition coefficient (Wildman–Crippen LogP) is 7.77. The molecule has 3 aliphatic rings. The van der Waals surface area contributed by atoms with Crippen molar-refractivity contribution in [2.45, 2.75) is 126 Å². The van der Waals surface area contributed by atoms with Crippen LogP contribution in [0.15, 0.2) is 41.3 Å². The molecule has 5 rings (SSSR count). The number of nitrogens with zero attached hydrogens (tertiary/aromatic N) is 4. The standard InChI is InChI=1S/C40H59ClF4N6O6SSi/c1-37(2,3)57-36(53)47-30-23-35(52)51(24-30)31-13-15-32(16-14-31)58(54,55)50-19-17-49(18-20-50)34-22-28(21-33(41)48-34)40(44,45)27-9-11-29(12-10-27)46-25-39(42,43)26-56-59(7,8)38(4,5)6/h13-16,21-22,27,29-30,46H,9-12,17-20,23-26H2,1-8H3,(H,47,53)/t27?,29?,30-/m1/s1. The molecule has 2 saturated heterocycles. The lowest BCUT2D eigenvalue weighted by Crippen LogP contribution is -2.49. The molecule has 0 bridgehead atoms. The SMILES string of the molecule is CC(C)(C)OC(=O)N[C@@H]1CC(=O)N(c2ccc(S(=O)(=O)N3CCN(c4cc(C(F)(F)C5CCC(NCC(F)(F)CO[Si](C)(C)C(C)(C)C)CC5)cc(Cl)n4)CC3)cc2)C1. The molecule has 2 amide bonds. The van der Waals surface area contributed by atoms with Crippen molar-refractivity contribution in [1.82, 2.24) is 19.9 Å². The molecule has 59 heavy (non-hydrogen) atoms. The van der Waals surface area contributed by atoms with Gasteiger partial charge in [-0.25, -0.2) is 35.8 Å². The third-order valence-electron chi connectivity index (χ3n) is 11.7. The Morgan fingerprint density at radius 1 is 0.932 bits per heavy atom. The van der Waals surface area contributed by atoms with Crippen LogP contribution >= 0.6 is 11.6 Å². The van der Waals surface area contributed by atoms with Crippen LogP contribution in [0.4, 0.5) is 33.9 Å². The van der Waals surface area contributed by atoms with Crippen molar-refractivity contribution in [1.29, 1.82) is 0 Å². The highest BCUT2D eigenvalue weighted by atomic mass is 35.5. The molecule has 1 aromatic carbocycles. The van der Waals surface area contributed by atoms with Gasteiger partial charge in [0.1, 0.15) is 16.6 Å². The third-order valence-corrected chi connectivity index (χ3v) is 18.3. The Bertz CT molecular complexity index is 1920. The number of benzene rings is 1. The summed E-state index contributed by atoms with van der Waals surface area (Å²) < 4.78 is 101. The van der Waals surface area contributed by atoms with Crippen molar-refractivity contribution in [3.63, 3.8) is 0 Å². The molecule has 3 heterocycles. The van der Waals surface area contributed by atoms with Crippen molar-refractivity contribution in [3.8, 4) is 0 Å². The summed E-state index contributed by atoms with van der Waals surface area (Å²) in [4.78, 5) is 32.5. The number of aromatic nitrogens is 1. The summed E-state index contributed by atoms with van der Waals surface area (Å²) in [5, 5.41) is 5.27. The van der Waals surface area contributed by atoms with E-state index in [1.165, 1.54) is 27.4 Å². The molecule has 330 valence electrons. The van der Waals surface area contributed by atoms with Gasteiger partial charge >= 0.3 is 6.09 Å². The first kappa shape index (κ1) is 47.0. The van der Waals surface area contributed by atoms with Crippen LogP contribution in [-0.2, 0) is 29.9 Å². The van der Waals surface area contributed by atoms with Gasteiger partial charge in [0.05, 0.1) is 24.1 Å². The van der Waals surface area contributed by atoms with E-state index < -0.39 is 67.0 Å². The number of carbonyl (C=O) groups is 2. The highest BCUT2D eigenvalue weighted by Gasteiger charge is 2.45. The molecule has 3 fully saturated rings. The topological polar surface area (TPSA) is 133 Å². The van der Waals surface area contributed by atoms with Crippen LogP contribution in [0.1, 0.15) is 79.2 Å². The maximum absolute atomic E-state index is 16.1. The van der Waals surface area contributed by atoms with Gasteiger partial charge in [-0.15, -0.1) is 0 Å². The summed E-state index contributed by atoms with van der Waals surface area (Å²) in [6, 6.07) is 7.61. The average Bonchev–Trinajstić information content (AvgIpc) is 3.51. The van der Waals surface area contributed by atoms with Crippen LogP contribution in [0.5, 0.6) is 0 Å². The van der Waals surface area contributed by atoms with Gasteiger partial charge in [-0.3, -0.25) is 4.79 Å². The van der Waals surface area contributed by atoms with E-state index in [0.717, 1.165) is 6.07 Å². The molecular weight excluding hydrogens is 832 g/mol. The van der Waals surface area contributed by atoms with Crippen molar-refractivity contribution in [3.05, 3.63) is 47.1 Å². The van der Waals surface area contributed by atoms with Gasteiger partial charge in [-0.05, 0) is 101 Å². The molecule has 0 spiro atoms. The number of alkyl halides is 4. The number of ether oxygens (including phenoxy) is 1. The summed E-state index contributed by atoms with van der Waals surface area (Å²) in [6.07, 6.45) is 0.333. The molecular formula is C40H59ClF4N6O6SSi. The molecule has 19 heteroatoms. The fourth-order valence-electron chi connectivity index (χ4n) is 7.21. The van der Waals surface area contributed by atoms with Crippen molar-refractivity contribution in [2.75, 3.05) is 55.7 Å². The number of rotatable bonds is 13. The average molecular weight is 892 g/mol. The highest BCUT2D eigenvalue weighted by Crippen LogP contribution is 2.45. The lowest BCUT2D eigenvalue weighted by molar-refractivity contribution is -0.117. The van der Waals surface area contributed by atoms with Gasteiger partial charge in [-0.2, -0.15) is 4.31 Å². The highest BCUT2D eigenvalue weighted by molar-refractivity contribution is 7.89. The predicted molar refractivity (Wildman–Crippen MR) is 223 cm³/mol. The number of hydrogen-bond acceptors (Lipinski definition) is 9. The molecule has 2 aromatic rings. The monoisotopic (exact) mass is 890 g/mol. The van der Waals surface area contributed by atoms with Crippen LogP contribution in [0.3, 0.4) is 0 Å². The van der Waals surface area contributed by atoms with E-state index in [4.69, 9.17) is 20.8 Å². The zero-order chi connectivity index (χ0) is 43.8. The van der Waals surface area contributed by atoms with Crippen molar-refractivity contribution in [2.24, 2.45) is 5.92 Å². The number of carbonyl (C=O) groups excluding carboxylic acids is 2. The van der Waals surface area contributed by atoms with Crippen LogP contribution in [0.25, 0.3) is 0 Å². The number of pyridine rings is 1. The molecule has 1 saturated carbocycles. The number of halogens is 5. The number of amides is 2. The second-order valence-corrected chi connectivity index (χ2v) is 25.6. The maximum atomic E-state index is 16.1. The summed E-state index contributed by atoms with van der Waals surface area (Å²) >= 11 is 6.29. The minimum absolute atomic E-state index is 0.0295. The summed E-state index contributed by atoms with van der Waals surface area (Å²) in [5.74, 6) is -7.39. The number of alkyl carbamates (subject to hydrolysis) is 1. The first-order valence-electron chi connectivity index (χ1n) is 20.1. The maximum Gasteiger partial charge on any atom is 0.407 e. The lowest BCUT2D eigenvalue weighted by atomic mass is 9.80. The van der Waals surface area contributed by atoms with Gasteiger partial charge in [0.15, 0.2) is 8.32 Å². The van der Waals surface area contributed by atoms with Gasteiger partial charge in [0.25, 0.3) is 11.8 Å². The summed E-state index contributed by atoms with van der Waals surface area (Å²) in [7, 11) is -6.30. The Morgan fingerprint density at radius 2 is 1.54 bits per heavy atom. The van der Waals surface area contributed by atoms with Crippen molar-refractivity contribution >= 4 is 53.4 Å². The van der Waals surface area contributed by atoms with E-state index in [9.17, 15) is 26.8 Å². The van der Waals surface area contributed by atoms with Gasteiger partial charge in [0.2, 0.25) is 15.9 Å². The van der Waals surface area contributed by atoms with Crippen LogP contribution < -0.4 is 20.4 Å². The van der Waals surface area contributed by atoms with Gasteiger partial charge < -0.3 is 29.6 Å². The van der Waals surface area contributed by atoms with Crippen LogP contribution in [-0.4, -0.2) is 108 Å². The van der Waals surface area contributed by atoms with E-state index in [1.54, 1.807) is 37.8 Å². The quantitative estimate of drug-likeness (QED) is 0.118. The Hall–Kier alpha value is -3.03. The number of sulfonamides is 1. The normalized spacial score (nSPS) is 21.8. The Morgan fingerprint density at radius 3 is 2.12 bits per heavy atom. The molecule has 12 nitrogen and oxygen atoms in total. The first-order chi connectivity index (χ1) is 27.2. The van der Waals surface area contributed by atoms with E-state index >= 15 is 8.78 Å². The molecule has 0 unspecified atom stereocenters. The fraction of sp³-hybridized carbons (Fsp3) is 0.675. The molecule has 1 aliphatic carbocycles. The summed E-state index contributed by atoms with van der Waals surface area (Å²) in [6.45, 7) is 14.4. The van der Waals surface area contributed by atoms with E-state index in [2.05, 4.69) is 15.6 Å². The number of piperazine rings is 1. The molecule has 1 aromatic heterocycles. The molecule has 2 aliphatic heterocycles. The van der Waals surface area contributed by atoms with E-state index in [-0.39, 0.29) is 90.4 Å². The minimum Gasteiger partial charge on any atom is -0.444 e. The number of anilines is 2. The first-order valence-corrected chi connectivity index (χ1v) is 24.9. The van der Waals surface area contributed by atoms with E-state index in [1.807, 2.05) is 33.9 Å². The van der Waals surface area contributed by atoms with Crippen LogP contribution in [0.2, 0.25) is 23.3 Å². The van der Waals surface area contributed by atoms with Gasteiger partial charge in [-0.1, -0.05) is 32.4 Å². The van der Waals surface area contributed by atoms with Crippen molar-refractivity contribution < 1.29 is 44.7 Å². The third kappa shape index (κ3) is 11.9. The molecule has 1 atom stereocenters. The van der Waals surface area contributed by atoms with E-state index in [0.29, 0.717) is 18.5 Å². The smallest absolute Gasteiger partial charge is 0.407 e. The Balaban J connectivity index is 1.13. The second-order valence-electron chi connectivity index (χ2n) is 18.4. The Kier molecular flexibility index (Phi) is 14.1. The number of nitrogens with one attached hydrogen (secondary N) is 2.